The van der Waals surface area contributed by atoms with Gasteiger partial charge < -0.3 is 4.52 Å². The summed E-state index contributed by atoms with van der Waals surface area (Å²) in [4.78, 5) is 3.03. The number of anilines is 1. The highest BCUT2D eigenvalue weighted by molar-refractivity contribution is 7.92. The van der Waals surface area contributed by atoms with E-state index in [-0.39, 0.29) is 12.1 Å². The highest BCUT2D eigenvalue weighted by Crippen LogP contribution is 2.25. The van der Waals surface area contributed by atoms with E-state index in [1.807, 2.05) is 0 Å². The van der Waals surface area contributed by atoms with Gasteiger partial charge in [0.15, 0.2) is 10.7 Å². The molecule has 0 aliphatic heterocycles. The van der Waals surface area contributed by atoms with Gasteiger partial charge in [0.25, 0.3) is 10.0 Å². The first kappa shape index (κ1) is 17.0. The number of rotatable bonds is 5. The summed E-state index contributed by atoms with van der Waals surface area (Å²) < 4.78 is 59.7. The number of nitrogens with one attached hydrogen (secondary N) is 1. The minimum absolute atomic E-state index is 0.166. The first-order valence-corrected chi connectivity index (χ1v) is 8.69. The Morgan fingerprint density at radius 3 is 2.40 bits per heavy atom. The number of aryl methyl sites for hydroxylation is 1. The normalized spacial score (nSPS) is 11.5. The van der Waals surface area contributed by atoms with Crippen molar-refractivity contribution in [2.45, 2.75) is 18.2 Å². The lowest BCUT2D eigenvalue weighted by atomic mass is 10.1. The lowest BCUT2D eigenvalue weighted by molar-refractivity contribution is 0.381. The number of aromatic nitrogens is 2. The number of hydrogen-bond donors (Lipinski definition) is 1. The smallest absolute Gasteiger partial charge is 0.267 e. The maximum atomic E-state index is 13.8. The Labute approximate surface area is 142 Å². The van der Waals surface area contributed by atoms with Crippen molar-refractivity contribution < 1.29 is 21.7 Å². The average Bonchev–Trinajstić information content (AvgIpc) is 2.94. The van der Waals surface area contributed by atoms with E-state index in [1.54, 1.807) is 25.1 Å². The molecule has 0 bridgehead atoms. The maximum absolute atomic E-state index is 13.8. The molecule has 0 spiro atoms. The van der Waals surface area contributed by atoms with E-state index >= 15 is 0 Å². The molecule has 0 radical (unpaired) electrons. The van der Waals surface area contributed by atoms with E-state index in [0.717, 1.165) is 18.2 Å². The maximum Gasteiger partial charge on any atom is 0.267 e. The van der Waals surface area contributed by atoms with Gasteiger partial charge in [-0.15, -0.1) is 0 Å². The van der Waals surface area contributed by atoms with Gasteiger partial charge >= 0.3 is 0 Å². The molecule has 0 aliphatic carbocycles. The molecule has 3 rings (SSSR count). The highest BCUT2D eigenvalue weighted by atomic mass is 32.2. The molecular weight excluding hydrogens is 352 g/mol. The molecule has 0 fully saturated rings. The van der Waals surface area contributed by atoms with Gasteiger partial charge in [-0.2, -0.15) is 4.98 Å². The van der Waals surface area contributed by atoms with Gasteiger partial charge in [0.1, 0.15) is 11.6 Å². The standard InChI is InChI=1S/C16H13F2N3O3S/c1-10-19-15(24-20-10)9-11-5-2-3-8-14(11)21-25(22,23)16-12(17)6-4-7-13(16)18/h2-8,21H,9H2,1H3. The minimum Gasteiger partial charge on any atom is -0.339 e. The Morgan fingerprint density at radius 1 is 1.08 bits per heavy atom. The fourth-order valence-electron chi connectivity index (χ4n) is 2.28. The predicted molar refractivity (Wildman–Crippen MR) is 85.4 cm³/mol. The van der Waals surface area contributed by atoms with E-state index in [0.29, 0.717) is 17.3 Å². The second kappa shape index (κ2) is 6.60. The van der Waals surface area contributed by atoms with Crippen LogP contribution >= 0.6 is 0 Å². The molecule has 1 heterocycles. The van der Waals surface area contributed by atoms with Gasteiger partial charge in [-0.3, -0.25) is 4.72 Å². The van der Waals surface area contributed by atoms with Gasteiger partial charge in [-0.25, -0.2) is 17.2 Å². The van der Waals surface area contributed by atoms with Crippen molar-refractivity contribution in [3.8, 4) is 0 Å². The van der Waals surface area contributed by atoms with Crippen LogP contribution in [-0.4, -0.2) is 18.6 Å². The van der Waals surface area contributed by atoms with E-state index in [1.165, 1.54) is 6.07 Å². The molecule has 3 aromatic rings. The molecule has 0 atom stereocenters. The summed E-state index contributed by atoms with van der Waals surface area (Å²) in [5.74, 6) is -1.60. The lowest BCUT2D eigenvalue weighted by Crippen LogP contribution is -2.17. The summed E-state index contributed by atoms with van der Waals surface area (Å²) >= 11 is 0. The van der Waals surface area contributed by atoms with Crippen LogP contribution in [0.15, 0.2) is 51.9 Å². The highest BCUT2D eigenvalue weighted by Gasteiger charge is 2.24. The van der Waals surface area contributed by atoms with Crippen LogP contribution in [0, 0.1) is 18.6 Å². The summed E-state index contributed by atoms with van der Waals surface area (Å²) in [6.07, 6.45) is 0.166. The van der Waals surface area contributed by atoms with Crippen molar-refractivity contribution in [3.63, 3.8) is 0 Å². The SMILES string of the molecule is Cc1noc(Cc2ccccc2NS(=O)(=O)c2c(F)cccc2F)n1. The van der Waals surface area contributed by atoms with E-state index in [9.17, 15) is 17.2 Å². The second-order valence-corrected chi connectivity index (χ2v) is 6.84. The molecule has 1 N–H and O–H groups in total. The number of halogens is 2. The predicted octanol–water partition coefficient (Wildman–Crippen LogP) is 3.05. The fraction of sp³-hybridized carbons (Fsp3) is 0.125. The van der Waals surface area contributed by atoms with Crippen molar-refractivity contribution in [2.24, 2.45) is 0 Å². The van der Waals surface area contributed by atoms with E-state index < -0.39 is 26.6 Å². The molecule has 2 aromatic carbocycles. The van der Waals surface area contributed by atoms with Crippen LogP contribution in [-0.2, 0) is 16.4 Å². The zero-order valence-corrected chi connectivity index (χ0v) is 13.8. The van der Waals surface area contributed by atoms with Gasteiger partial charge in [-0.1, -0.05) is 29.4 Å². The lowest BCUT2D eigenvalue weighted by Gasteiger charge is -2.12. The monoisotopic (exact) mass is 365 g/mol. The molecular formula is C16H13F2N3O3S. The van der Waals surface area contributed by atoms with Crippen molar-refractivity contribution >= 4 is 15.7 Å². The van der Waals surface area contributed by atoms with Crippen molar-refractivity contribution in [3.05, 3.63) is 71.4 Å². The van der Waals surface area contributed by atoms with Gasteiger partial charge in [0, 0.05) is 0 Å². The van der Waals surface area contributed by atoms with Crippen LogP contribution in [0.5, 0.6) is 0 Å². The van der Waals surface area contributed by atoms with Crippen LogP contribution in [0.3, 0.4) is 0 Å². The van der Waals surface area contributed by atoms with Gasteiger partial charge in [-0.05, 0) is 30.7 Å². The first-order chi connectivity index (χ1) is 11.9. The van der Waals surface area contributed by atoms with E-state index in [2.05, 4.69) is 14.9 Å². The Bertz CT molecular complexity index is 999. The largest absolute Gasteiger partial charge is 0.339 e. The molecule has 0 amide bonds. The Kier molecular flexibility index (Phi) is 4.49. The third-order valence-electron chi connectivity index (χ3n) is 3.36. The number of para-hydroxylation sites is 1. The molecule has 1 aromatic heterocycles. The average molecular weight is 365 g/mol. The van der Waals surface area contributed by atoms with Crippen LogP contribution in [0.2, 0.25) is 0 Å². The molecule has 0 saturated carbocycles. The summed E-state index contributed by atoms with van der Waals surface area (Å²) in [6, 6.07) is 9.27. The number of hydrogen-bond acceptors (Lipinski definition) is 5. The molecule has 25 heavy (non-hydrogen) atoms. The van der Waals surface area contributed by atoms with Crippen molar-refractivity contribution in [1.82, 2.24) is 10.1 Å². The summed E-state index contributed by atoms with van der Waals surface area (Å²) in [7, 11) is -4.45. The topological polar surface area (TPSA) is 85.1 Å². The molecule has 6 nitrogen and oxygen atoms in total. The van der Waals surface area contributed by atoms with Crippen LogP contribution < -0.4 is 4.72 Å². The van der Waals surface area contributed by atoms with Crippen molar-refractivity contribution in [2.75, 3.05) is 4.72 Å². The Hall–Kier alpha value is -2.81. The van der Waals surface area contributed by atoms with Crippen LogP contribution in [0.25, 0.3) is 0 Å². The third kappa shape index (κ3) is 3.66. The summed E-state index contributed by atoms with van der Waals surface area (Å²) in [5, 5.41) is 3.66. The quantitative estimate of drug-likeness (QED) is 0.751. The number of sulfonamides is 1. The van der Waals surface area contributed by atoms with Crippen LogP contribution in [0.1, 0.15) is 17.3 Å². The Balaban J connectivity index is 1.95. The molecule has 9 heteroatoms. The summed E-state index contributed by atoms with van der Waals surface area (Å²) in [6.45, 7) is 1.66. The minimum atomic E-state index is -4.45. The molecule has 0 aliphatic rings. The molecule has 0 saturated heterocycles. The summed E-state index contributed by atoms with van der Waals surface area (Å²) in [5.41, 5.74) is 0.687. The zero-order chi connectivity index (χ0) is 18.0. The second-order valence-electron chi connectivity index (χ2n) is 5.23. The zero-order valence-electron chi connectivity index (χ0n) is 13.0. The van der Waals surface area contributed by atoms with Crippen molar-refractivity contribution in [1.29, 1.82) is 0 Å². The van der Waals surface area contributed by atoms with E-state index in [4.69, 9.17) is 4.52 Å². The number of benzene rings is 2. The van der Waals surface area contributed by atoms with Gasteiger partial charge in [0.05, 0.1) is 12.1 Å². The number of nitrogens with zero attached hydrogens (tertiary/aromatic N) is 2. The van der Waals surface area contributed by atoms with Crippen LogP contribution in [0.4, 0.5) is 14.5 Å². The third-order valence-corrected chi connectivity index (χ3v) is 4.78. The Morgan fingerprint density at radius 2 is 1.76 bits per heavy atom. The first-order valence-electron chi connectivity index (χ1n) is 7.21. The van der Waals surface area contributed by atoms with Gasteiger partial charge in [0.2, 0.25) is 5.89 Å². The molecule has 0 unspecified atom stereocenters. The fourth-order valence-corrected chi connectivity index (χ4v) is 3.52. The molecule has 130 valence electrons.